The Bertz CT molecular complexity index is 1700. The van der Waals surface area contributed by atoms with Gasteiger partial charge in [0.1, 0.15) is 30.3 Å². The van der Waals surface area contributed by atoms with Crippen LogP contribution in [0.5, 0.6) is 0 Å². The lowest BCUT2D eigenvalue weighted by atomic mass is 9.97. The molecule has 2 heterocycles. The maximum absolute atomic E-state index is 13.9. The van der Waals surface area contributed by atoms with Gasteiger partial charge in [-0.25, -0.2) is 4.39 Å². The van der Waals surface area contributed by atoms with Crippen molar-refractivity contribution in [3.05, 3.63) is 35.9 Å². The minimum Gasteiger partial charge on any atom is -0.481 e. The Kier molecular flexibility index (Phi) is 19.5. The third-order valence-electron chi connectivity index (χ3n) is 9.47. The van der Waals surface area contributed by atoms with E-state index in [1.807, 2.05) is 0 Å². The highest BCUT2D eigenvalue weighted by Gasteiger charge is 2.41. The fraction of sp³-hybridized carbons (Fsp3) is 0.595. The summed E-state index contributed by atoms with van der Waals surface area (Å²) in [4.78, 5) is 108. The number of carbonyl (C=O) groups is 8. The number of amides is 7. The minimum absolute atomic E-state index is 0.0209. The van der Waals surface area contributed by atoms with Gasteiger partial charge in [-0.3, -0.25) is 43.3 Å². The number of aliphatic hydroxyl groups is 2. The number of aliphatic carboxylic acids is 1. The van der Waals surface area contributed by atoms with Crippen LogP contribution in [0.25, 0.3) is 0 Å². The van der Waals surface area contributed by atoms with E-state index in [0.717, 1.165) is 6.92 Å². The lowest BCUT2D eigenvalue weighted by molar-refractivity contribution is -0.180. The zero-order valence-electron chi connectivity index (χ0n) is 33.1. The van der Waals surface area contributed by atoms with Gasteiger partial charge in [-0.1, -0.05) is 30.3 Å². The van der Waals surface area contributed by atoms with Crippen LogP contribution < -0.4 is 48.7 Å². The van der Waals surface area contributed by atoms with Crippen LogP contribution in [0.4, 0.5) is 4.39 Å². The number of carbonyl (C=O) groups excluding carboxylic acids is 7. The number of hydrogen-bond donors (Lipinski definition) is 12. The second-order valence-electron chi connectivity index (χ2n) is 14.4. The second-order valence-corrected chi connectivity index (χ2v) is 14.4. The number of nitrogens with one attached hydrogen (secondary N) is 7. The van der Waals surface area contributed by atoms with Crippen LogP contribution >= 0.6 is 0 Å². The molecule has 14 N–H and O–H groups in total. The molecule has 332 valence electrons. The first-order chi connectivity index (χ1) is 28.4. The number of ether oxygens (including phenoxy) is 1. The molecule has 0 aliphatic carbocycles. The number of aliphatic hydroxyl groups excluding tert-OH is 2. The summed E-state index contributed by atoms with van der Waals surface area (Å²) < 4.78 is 18.9. The Labute approximate surface area is 344 Å². The van der Waals surface area contributed by atoms with Crippen molar-refractivity contribution in [1.82, 2.24) is 37.2 Å². The molecule has 1 aromatic rings. The Morgan fingerprint density at radius 2 is 1.48 bits per heavy atom. The van der Waals surface area contributed by atoms with Crippen LogP contribution in [0.3, 0.4) is 0 Å². The molecule has 2 aliphatic rings. The number of aliphatic imine (C=N–C) groups is 1. The van der Waals surface area contributed by atoms with Crippen molar-refractivity contribution in [1.29, 1.82) is 0 Å². The summed E-state index contributed by atoms with van der Waals surface area (Å²) in [5, 5.41) is 47.5. The second kappa shape index (κ2) is 24.2. The van der Waals surface area contributed by atoms with Crippen molar-refractivity contribution < 1.29 is 62.8 Å². The summed E-state index contributed by atoms with van der Waals surface area (Å²) in [6, 6.07) is 2.84. The number of unbranched alkanes of at least 4 members (excludes halogenated alkanes) is 1. The molecule has 2 aliphatic heterocycles. The fourth-order valence-corrected chi connectivity index (χ4v) is 6.28. The van der Waals surface area contributed by atoms with Crippen LogP contribution in [0.1, 0.15) is 57.4 Å². The Balaban J connectivity index is 1.81. The Morgan fingerprint density at radius 3 is 2.13 bits per heavy atom. The lowest BCUT2D eigenvalue weighted by Crippen LogP contribution is -2.58. The van der Waals surface area contributed by atoms with E-state index in [4.69, 9.17) is 16.2 Å². The van der Waals surface area contributed by atoms with Crippen LogP contribution in [0.2, 0.25) is 0 Å². The molecule has 2 saturated heterocycles. The summed E-state index contributed by atoms with van der Waals surface area (Å²) in [5.41, 5.74) is 11.4. The van der Waals surface area contributed by atoms with E-state index in [0.29, 0.717) is 5.56 Å². The number of carboxylic acids is 1. The highest BCUT2D eigenvalue weighted by Crippen LogP contribution is 2.21. The number of benzene rings is 1. The number of hydrogen-bond acceptors (Lipinski definition) is 12. The SMILES string of the molecule is CC(F)C(=O)NCC1CC(O)C(O)C(C(=O)NCCCC[C@@H]2NC(=O)[C@@H](Cc3ccccc3)NC(=O)[C@H](CC(=O)O)NC(=O)CNC(=O)[C@H](CCCN=C(N)N)NC2=O)O1. The number of guanidine groups is 1. The summed E-state index contributed by atoms with van der Waals surface area (Å²) in [7, 11) is 0. The molecule has 0 spiro atoms. The first-order valence-corrected chi connectivity index (χ1v) is 19.5. The third kappa shape index (κ3) is 16.4. The van der Waals surface area contributed by atoms with E-state index < -0.39 is 115 Å². The topological polar surface area (TPSA) is 355 Å². The highest BCUT2D eigenvalue weighted by atomic mass is 19.1. The number of rotatable bonds is 17. The van der Waals surface area contributed by atoms with Crippen molar-refractivity contribution in [2.24, 2.45) is 16.5 Å². The van der Waals surface area contributed by atoms with E-state index in [1.54, 1.807) is 30.3 Å². The molecule has 3 rings (SSSR count). The minimum atomic E-state index is -1.80. The summed E-state index contributed by atoms with van der Waals surface area (Å²) in [5.74, 6) is -7.75. The first kappa shape index (κ1) is 48.4. The van der Waals surface area contributed by atoms with Gasteiger partial charge in [0.05, 0.1) is 25.2 Å². The third-order valence-corrected chi connectivity index (χ3v) is 9.47. The van der Waals surface area contributed by atoms with Gasteiger partial charge in [-0.2, -0.15) is 0 Å². The molecule has 0 saturated carbocycles. The molecule has 0 bridgehead atoms. The quantitative estimate of drug-likeness (QED) is 0.0399. The van der Waals surface area contributed by atoms with E-state index in [-0.39, 0.29) is 70.5 Å². The van der Waals surface area contributed by atoms with E-state index in [9.17, 15) is 58.1 Å². The number of halogens is 1. The predicted molar refractivity (Wildman–Crippen MR) is 209 cm³/mol. The van der Waals surface area contributed by atoms with Gasteiger partial charge in [0.15, 0.2) is 18.2 Å². The van der Waals surface area contributed by atoms with E-state index in [2.05, 4.69) is 42.2 Å². The monoisotopic (exact) mass is 850 g/mol. The van der Waals surface area contributed by atoms with E-state index in [1.165, 1.54) is 0 Å². The molecule has 5 unspecified atom stereocenters. The molecule has 0 radical (unpaired) electrons. The normalized spacial score (nSPS) is 26.0. The summed E-state index contributed by atoms with van der Waals surface area (Å²) in [6.07, 6.45) is -7.84. The Morgan fingerprint density at radius 1 is 0.867 bits per heavy atom. The number of nitrogens with zero attached hydrogens (tertiary/aromatic N) is 1. The maximum Gasteiger partial charge on any atom is 0.305 e. The average molecular weight is 851 g/mol. The van der Waals surface area contributed by atoms with Crippen LogP contribution in [0.15, 0.2) is 35.3 Å². The number of carboxylic acid groups (broad SMARTS) is 1. The lowest BCUT2D eigenvalue weighted by Gasteiger charge is -2.36. The van der Waals surface area contributed by atoms with Crippen molar-refractivity contribution in [3.8, 4) is 0 Å². The zero-order valence-corrected chi connectivity index (χ0v) is 33.1. The van der Waals surface area contributed by atoms with Gasteiger partial charge in [0, 0.05) is 32.5 Å². The van der Waals surface area contributed by atoms with Crippen molar-refractivity contribution in [3.63, 3.8) is 0 Å². The smallest absolute Gasteiger partial charge is 0.305 e. The van der Waals surface area contributed by atoms with Gasteiger partial charge in [0.25, 0.3) is 11.8 Å². The molecular formula is C37H55FN10O12. The van der Waals surface area contributed by atoms with Gasteiger partial charge in [0.2, 0.25) is 29.5 Å². The average Bonchev–Trinajstić information content (AvgIpc) is 3.19. The molecule has 1 aromatic carbocycles. The molecule has 23 heteroatoms. The summed E-state index contributed by atoms with van der Waals surface area (Å²) >= 11 is 0. The number of nitrogens with two attached hydrogens (primary N) is 2. The molecule has 9 atom stereocenters. The van der Waals surface area contributed by atoms with Gasteiger partial charge < -0.3 is 68.7 Å². The molecular weight excluding hydrogens is 795 g/mol. The zero-order chi connectivity index (χ0) is 44.4. The largest absolute Gasteiger partial charge is 0.481 e. The van der Waals surface area contributed by atoms with Crippen LogP contribution in [0, 0.1) is 0 Å². The van der Waals surface area contributed by atoms with Crippen molar-refractivity contribution in [2.75, 3.05) is 26.2 Å². The standard InChI is InChI=1S/C37H55FN10O12/c1-19(38)31(54)43-17-21-15-26(49)29(53)30(60-21)36(59)41-12-6-5-10-23-33(56)46-22(11-7-13-42-37(39)40)32(55)44-18-27(50)45-25(16-28(51)52)35(58)48-24(34(57)47-23)14-20-8-3-2-4-9-20/h2-4,8-9,19,21-26,29-30,49,53H,5-7,10-18H2,1H3,(H,41,59)(H,43,54)(H,44,55)(H,45,50)(H,46,56)(H,47,57)(H,48,58)(H,51,52)(H4,39,40,42)/t19?,21?,22-,23-,24+,25-,26?,29?,30?/m0/s1. The van der Waals surface area contributed by atoms with Crippen LogP contribution in [-0.4, -0.2) is 150 Å². The molecule has 2 fully saturated rings. The molecule has 60 heavy (non-hydrogen) atoms. The first-order valence-electron chi connectivity index (χ1n) is 19.5. The van der Waals surface area contributed by atoms with E-state index >= 15 is 0 Å². The maximum atomic E-state index is 13.9. The predicted octanol–water partition coefficient (Wildman–Crippen LogP) is -4.53. The van der Waals surface area contributed by atoms with Gasteiger partial charge in [-0.15, -0.1) is 0 Å². The van der Waals surface area contributed by atoms with Crippen molar-refractivity contribution >= 4 is 53.3 Å². The van der Waals surface area contributed by atoms with Crippen LogP contribution in [-0.2, 0) is 49.5 Å². The molecule has 0 aromatic heterocycles. The highest BCUT2D eigenvalue weighted by molar-refractivity contribution is 5.98. The Hall–Kier alpha value is -5.94. The van der Waals surface area contributed by atoms with Crippen molar-refractivity contribution in [2.45, 2.75) is 113 Å². The van der Waals surface area contributed by atoms with Gasteiger partial charge >= 0.3 is 5.97 Å². The molecule has 22 nitrogen and oxygen atoms in total. The number of alkyl halides is 1. The fourth-order valence-electron chi connectivity index (χ4n) is 6.28. The van der Waals surface area contributed by atoms with Gasteiger partial charge in [-0.05, 0) is 44.6 Å². The summed E-state index contributed by atoms with van der Waals surface area (Å²) in [6.45, 7) is 0.176. The molecule has 7 amide bonds.